The van der Waals surface area contributed by atoms with Crippen molar-refractivity contribution in [1.29, 1.82) is 0 Å². The summed E-state index contributed by atoms with van der Waals surface area (Å²) in [7, 11) is -0.727. The number of allylic oxidation sites excluding steroid dienone is 4. The van der Waals surface area contributed by atoms with Crippen LogP contribution in [0.1, 0.15) is 102 Å². The lowest BCUT2D eigenvalue weighted by Crippen LogP contribution is -2.62. The minimum Gasteiger partial charge on any atom is -0.481 e. The van der Waals surface area contributed by atoms with E-state index < -0.39 is 43.8 Å². The number of aliphatic carboxylic acids is 1. The number of carboxylic acid groups (broad SMARTS) is 1. The molecule has 5 fully saturated rings. The monoisotopic (exact) mass is 762 g/mol. The quantitative estimate of drug-likeness (QED) is 0.128. The number of nitrogens with one attached hydrogen (secondary N) is 1. The Morgan fingerprint density at radius 2 is 1.83 bits per heavy atom. The molecular weight excluding hydrogens is 711 g/mol. The zero-order valence-corrected chi connectivity index (χ0v) is 32.2. The molecule has 2 N–H and O–H groups in total. The molecule has 290 valence electrons. The van der Waals surface area contributed by atoms with E-state index in [4.69, 9.17) is 19.1 Å². The third kappa shape index (κ3) is 6.86. The van der Waals surface area contributed by atoms with Crippen molar-refractivity contribution < 1.29 is 43.1 Å². The minimum absolute atomic E-state index is 0.0158. The molecule has 1 aliphatic heterocycles. The molecule has 0 radical (unpaired) electrons. The highest BCUT2D eigenvalue weighted by Crippen LogP contribution is 2.69. The Kier molecular flexibility index (Phi) is 11.0. The van der Waals surface area contributed by atoms with E-state index in [1.807, 2.05) is 25.1 Å². The van der Waals surface area contributed by atoms with Crippen molar-refractivity contribution in [3.05, 3.63) is 64.1 Å². The summed E-state index contributed by atoms with van der Waals surface area (Å²) < 4.78 is 18.9. The standard InChI is InChI=1S/C41H51N2O10P/c1-23(4-15-35(47)48)37(49)42-28-12-7-25(8-13-28)18-24-5-9-26(10-6-24)38-52-34-20-31-30-14-11-27-19-29(44)16-17-39(27,2)36(30)32(45)21-40(31,3)41(34,53-38)33(46)22-51-54-43-50/h5-6,9-10,16-17,19,23,25,28,30-31,34,36,38,54H,4,7-8,11-15,18,20-22H2,1-3H3,(H,42,49)(H,47,48)/t23-,25?,28?,30?,31-,34+,36+,38+,39-,40-,41?/m0/s1. The molecule has 5 aliphatic carbocycles. The van der Waals surface area contributed by atoms with Crippen LogP contribution in [0.2, 0.25) is 0 Å². The number of fused-ring (bicyclic) bond motifs is 7. The average Bonchev–Trinajstić information content (AvgIpc) is 3.65. The number of rotatable bonds is 13. The highest BCUT2D eigenvalue weighted by atomic mass is 31.1. The van der Waals surface area contributed by atoms with Crippen molar-refractivity contribution in [2.24, 2.45) is 45.4 Å². The first kappa shape index (κ1) is 38.8. The minimum atomic E-state index is -1.45. The molecule has 4 saturated carbocycles. The zero-order chi connectivity index (χ0) is 38.4. The summed E-state index contributed by atoms with van der Waals surface area (Å²) in [5, 5.41) is 12.0. The van der Waals surface area contributed by atoms with Gasteiger partial charge in [0, 0.05) is 47.1 Å². The number of hydrogen-bond acceptors (Lipinski definition) is 10. The van der Waals surface area contributed by atoms with E-state index in [1.54, 1.807) is 19.1 Å². The van der Waals surface area contributed by atoms with Gasteiger partial charge in [-0.2, -0.15) is 0 Å². The molecule has 1 saturated heterocycles. The van der Waals surface area contributed by atoms with Gasteiger partial charge in [-0.15, -0.1) is 4.91 Å². The molecule has 6 aliphatic rings. The predicted octanol–water partition coefficient (Wildman–Crippen LogP) is 6.52. The summed E-state index contributed by atoms with van der Waals surface area (Å²) in [6.45, 7) is 5.45. The molecule has 0 aromatic heterocycles. The molecule has 0 spiro atoms. The van der Waals surface area contributed by atoms with Gasteiger partial charge >= 0.3 is 5.97 Å². The highest BCUT2D eigenvalue weighted by molar-refractivity contribution is 7.30. The SMILES string of the molecule is C[C@@H](CCC(=O)O)C(=O)NC1CCC(Cc2ccc([C@@H]3O[C@@H]4C[C@H]5C6CCC7=CC(=O)C=C[C@]7(C)[C@H]6C(=O)C[C@]5(C)C4(C(=O)COPN=O)O3)cc2)CC1. The first-order valence-corrected chi connectivity index (χ1v) is 20.3. The molecular formula is C41H51N2O10P. The van der Waals surface area contributed by atoms with Crippen molar-refractivity contribution in [2.75, 3.05) is 6.61 Å². The number of carbonyl (C=O) groups is 5. The Morgan fingerprint density at radius 3 is 2.54 bits per heavy atom. The molecule has 0 bridgehead atoms. The van der Waals surface area contributed by atoms with Crippen LogP contribution in [0.4, 0.5) is 0 Å². The first-order chi connectivity index (χ1) is 25.8. The van der Waals surface area contributed by atoms with E-state index in [1.165, 1.54) is 5.56 Å². The average molecular weight is 763 g/mol. The van der Waals surface area contributed by atoms with Crippen LogP contribution in [0, 0.1) is 45.3 Å². The maximum absolute atomic E-state index is 14.3. The number of nitrogens with zero attached hydrogens (tertiary/aromatic N) is 1. The number of benzene rings is 1. The number of Topliss-reactive ketones (excluding diaryl/α,β-unsaturated/α-hetero) is 2. The number of hydrogen-bond donors (Lipinski definition) is 2. The van der Waals surface area contributed by atoms with Crippen LogP contribution < -0.4 is 5.32 Å². The van der Waals surface area contributed by atoms with Gasteiger partial charge in [0.1, 0.15) is 12.4 Å². The normalized spacial score (nSPS) is 37.5. The van der Waals surface area contributed by atoms with Crippen LogP contribution in [0.3, 0.4) is 0 Å². The smallest absolute Gasteiger partial charge is 0.303 e. The van der Waals surface area contributed by atoms with E-state index in [-0.39, 0.29) is 72.4 Å². The number of carbonyl (C=O) groups excluding carboxylic acids is 4. The summed E-state index contributed by atoms with van der Waals surface area (Å²) >= 11 is 0. The largest absolute Gasteiger partial charge is 0.481 e. The predicted molar refractivity (Wildman–Crippen MR) is 199 cm³/mol. The highest BCUT2D eigenvalue weighted by Gasteiger charge is 2.76. The van der Waals surface area contributed by atoms with Crippen molar-refractivity contribution in [3.63, 3.8) is 0 Å². The summed E-state index contributed by atoms with van der Waals surface area (Å²) in [5.74, 6) is -1.53. The molecule has 54 heavy (non-hydrogen) atoms. The summed E-state index contributed by atoms with van der Waals surface area (Å²) in [4.78, 5) is 78.0. The van der Waals surface area contributed by atoms with Gasteiger partial charge in [0.25, 0.3) is 0 Å². The van der Waals surface area contributed by atoms with Gasteiger partial charge in [0.05, 0.1) is 6.10 Å². The summed E-state index contributed by atoms with van der Waals surface area (Å²) in [5.41, 5.74) is 0.0753. The molecule has 1 amide bonds. The maximum atomic E-state index is 14.3. The molecule has 12 nitrogen and oxygen atoms in total. The fraction of sp³-hybridized carbons (Fsp3) is 0.634. The van der Waals surface area contributed by atoms with E-state index in [9.17, 15) is 28.9 Å². The van der Waals surface area contributed by atoms with Crippen molar-refractivity contribution in [1.82, 2.24) is 5.32 Å². The second-order valence-electron chi connectivity index (χ2n) is 17.0. The number of carboxylic acids is 1. The molecule has 10 atom stereocenters. The van der Waals surface area contributed by atoms with Crippen molar-refractivity contribution in [3.8, 4) is 0 Å². The molecule has 1 aromatic carbocycles. The van der Waals surface area contributed by atoms with Gasteiger partial charge in [-0.25, -0.2) is 0 Å². The van der Waals surface area contributed by atoms with E-state index >= 15 is 0 Å². The van der Waals surface area contributed by atoms with E-state index in [0.29, 0.717) is 25.2 Å². The molecule has 13 heteroatoms. The fourth-order valence-electron chi connectivity index (χ4n) is 11.1. The second-order valence-corrected chi connectivity index (χ2v) is 17.6. The third-order valence-corrected chi connectivity index (χ3v) is 14.3. The van der Waals surface area contributed by atoms with Gasteiger partial charge in [-0.3, -0.25) is 24.0 Å². The van der Waals surface area contributed by atoms with Crippen molar-refractivity contribution >= 4 is 38.2 Å². The van der Waals surface area contributed by atoms with E-state index in [2.05, 4.69) is 29.3 Å². The number of ether oxygens (including phenoxy) is 2. The number of ketones is 3. The number of amides is 1. The van der Waals surface area contributed by atoms with Gasteiger partial charge in [0.2, 0.25) is 5.91 Å². The third-order valence-electron chi connectivity index (χ3n) is 13.9. The van der Waals surface area contributed by atoms with Crippen LogP contribution in [-0.2, 0) is 44.4 Å². The Hall–Kier alpha value is -3.44. The zero-order valence-electron chi connectivity index (χ0n) is 31.2. The molecule has 1 aromatic rings. The summed E-state index contributed by atoms with van der Waals surface area (Å²) in [6, 6.07) is 8.20. The van der Waals surface area contributed by atoms with Crippen LogP contribution in [0.5, 0.6) is 0 Å². The van der Waals surface area contributed by atoms with Gasteiger partial charge in [-0.05, 0) is 98.2 Å². The lowest BCUT2D eigenvalue weighted by atomic mass is 9.46. The van der Waals surface area contributed by atoms with E-state index in [0.717, 1.165) is 49.7 Å². The summed E-state index contributed by atoms with van der Waals surface area (Å²) in [6.07, 6.45) is 10.8. The van der Waals surface area contributed by atoms with Crippen LogP contribution >= 0.6 is 8.96 Å². The van der Waals surface area contributed by atoms with Gasteiger partial charge in [0.15, 0.2) is 32.4 Å². The lowest BCUT2D eigenvalue weighted by molar-refractivity contribution is -0.187. The fourth-order valence-corrected chi connectivity index (χ4v) is 11.4. The van der Waals surface area contributed by atoms with Crippen LogP contribution in [0.25, 0.3) is 0 Å². The van der Waals surface area contributed by atoms with Gasteiger partial charge in [-0.1, -0.05) is 56.7 Å². The van der Waals surface area contributed by atoms with Crippen LogP contribution in [-0.4, -0.2) is 58.7 Å². The Morgan fingerprint density at radius 1 is 1.09 bits per heavy atom. The Balaban J connectivity index is 1.03. The Labute approximate surface area is 317 Å². The maximum Gasteiger partial charge on any atom is 0.303 e. The Bertz CT molecular complexity index is 1750. The van der Waals surface area contributed by atoms with Crippen LogP contribution in [0.15, 0.2) is 53.0 Å². The molecule has 7 rings (SSSR count). The number of nitroso groups, excluding NO2 is 1. The van der Waals surface area contributed by atoms with Crippen molar-refractivity contribution in [2.45, 2.75) is 115 Å². The lowest BCUT2D eigenvalue weighted by Gasteiger charge is -2.57. The second kappa shape index (κ2) is 15.2. The molecule has 1 heterocycles. The topological polar surface area (TPSA) is 175 Å². The molecule has 3 unspecified atom stereocenters. The van der Waals surface area contributed by atoms with Gasteiger partial charge < -0.3 is 24.4 Å². The first-order valence-electron chi connectivity index (χ1n) is 19.4.